The highest BCUT2D eigenvalue weighted by Gasteiger charge is 2.33. The van der Waals surface area contributed by atoms with E-state index in [1.54, 1.807) is 29.8 Å². The second-order valence-electron chi connectivity index (χ2n) is 11.3. The molecule has 1 fully saturated rings. The summed E-state index contributed by atoms with van der Waals surface area (Å²) in [4.78, 5) is 35.7. The minimum absolute atomic E-state index is 0.108. The van der Waals surface area contributed by atoms with E-state index in [1.165, 1.54) is 42.3 Å². The average Bonchev–Trinajstić information content (AvgIpc) is 3.42. The largest absolute Gasteiger partial charge is 0.497 e. The minimum Gasteiger partial charge on any atom is -0.497 e. The van der Waals surface area contributed by atoms with Crippen molar-refractivity contribution in [3.8, 4) is 17.0 Å². The van der Waals surface area contributed by atoms with E-state index in [4.69, 9.17) is 21.1 Å². The van der Waals surface area contributed by atoms with Gasteiger partial charge in [-0.1, -0.05) is 25.4 Å². The van der Waals surface area contributed by atoms with Gasteiger partial charge in [0, 0.05) is 48.3 Å². The Morgan fingerprint density at radius 3 is 2.81 bits per heavy atom. The first-order valence-electron chi connectivity index (χ1n) is 13.9. The van der Waals surface area contributed by atoms with Crippen LogP contribution in [0, 0.1) is 11.2 Å². The fourth-order valence-corrected chi connectivity index (χ4v) is 5.40. The number of nitrogens with zero attached hydrogens (tertiary/aromatic N) is 4. The first-order valence-corrected chi connectivity index (χ1v) is 14.2. The molecule has 0 aliphatic carbocycles. The Morgan fingerprint density at radius 1 is 1.30 bits per heavy atom. The van der Waals surface area contributed by atoms with E-state index in [0.29, 0.717) is 46.5 Å². The summed E-state index contributed by atoms with van der Waals surface area (Å²) in [5.74, 6) is -0.432. The van der Waals surface area contributed by atoms with Gasteiger partial charge in [-0.25, -0.2) is 14.4 Å². The van der Waals surface area contributed by atoms with Crippen molar-refractivity contribution in [1.29, 1.82) is 0 Å². The van der Waals surface area contributed by atoms with Crippen LogP contribution in [0.4, 0.5) is 10.3 Å². The number of hydrogen-bond donors (Lipinski definition) is 3. The molecule has 1 aliphatic heterocycles. The topological polar surface area (TPSA) is 132 Å². The summed E-state index contributed by atoms with van der Waals surface area (Å²) >= 11 is 6.49. The van der Waals surface area contributed by atoms with Crippen LogP contribution in [0.2, 0.25) is 5.02 Å². The van der Waals surface area contributed by atoms with Crippen LogP contribution in [-0.4, -0.2) is 62.9 Å². The van der Waals surface area contributed by atoms with Crippen molar-refractivity contribution >= 4 is 29.0 Å². The molecule has 13 heteroatoms. The number of nitrogens with one attached hydrogen (secondary N) is 2. The molecule has 228 valence electrons. The van der Waals surface area contributed by atoms with E-state index < -0.39 is 36.0 Å². The Morgan fingerprint density at radius 2 is 2.09 bits per heavy atom. The molecule has 0 spiro atoms. The van der Waals surface area contributed by atoms with Crippen LogP contribution in [0.5, 0.6) is 5.75 Å². The van der Waals surface area contributed by atoms with Gasteiger partial charge in [-0.15, -0.1) is 0 Å². The molecule has 11 nitrogen and oxygen atoms in total. The van der Waals surface area contributed by atoms with E-state index in [1.807, 2.05) is 0 Å². The van der Waals surface area contributed by atoms with Gasteiger partial charge < -0.3 is 34.2 Å². The second kappa shape index (κ2) is 12.3. The Labute approximate surface area is 252 Å². The van der Waals surface area contributed by atoms with Crippen molar-refractivity contribution in [2.24, 2.45) is 5.41 Å². The zero-order chi connectivity index (χ0) is 30.9. The lowest BCUT2D eigenvalue weighted by molar-refractivity contribution is -0.125. The number of halogens is 2. The number of methoxy groups -OCH3 is 1. The van der Waals surface area contributed by atoms with Crippen molar-refractivity contribution < 1.29 is 23.8 Å². The fourth-order valence-electron chi connectivity index (χ4n) is 5.20. The zero-order valence-electron chi connectivity index (χ0n) is 24.3. The summed E-state index contributed by atoms with van der Waals surface area (Å²) in [6.45, 7) is 6.60. The van der Waals surface area contributed by atoms with Crippen LogP contribution < -0.4 is 20.9 Å². The number of fused-ring (bicyclic) bond motifs is 1. The van der Waals surface area contributed by atoms with Crippen molar-refractivity contribution in [3.05, 3.63) is 75.8 Å². The highest BCUT2D eigenvalue weighted by Crippen LogP contribution is 2.32. The lowest BCUT2D eigenvalue weighted by atomic mass is 9.82. The van der Waals surface area contributed by atoms with E-state index in [9.17, 15) is 19.1 Å². The van der Waals surface area contributed by atoms with Gasteiger partial charge in [0.15, 0.2) is 0 Å². The fraction of sp³-hybridized carbons (Fsp3) is 0.400. The highest BCUT2D eigenvalue weighted by atomic mass is 35.5. The van der Waals surface area contributed by atoms with Gasteiger partial charge in [-0.05, 0) is 37.1 Å². The van der Waals surface area contributed by atoms with Gasteiger partial charge in [0.1, 0.15) is 23.1 Å². The van der Waals surface area contributed by atoms with Gasteiger partial charge >= 0.3 is 0 Å². The van der Waals surface area contributed by atoms with E-state index in [-0.39, 0.29) is 17.2 Å². The average molecular weight is 613 g/mol. The molecule has 43 heavy (non-hydrogen) atoms. The number of carbonyl (C=O) groups is 1. The number of aliphatic hydroxyl groups is 1. The number of carbonyl (C=O) groups excluding carboxylic acids is 1. The molecule has 4 heterocycles. The summed E-state index contributed by atoms with van der Waals surface area (Å²) in [5, 5.41) is 16.3. The van der Waals surface area contributed by atoms with Gasteiger partial charge in [-0.3, -0.25) is 9.59 Å². The molecule has 1 saturated heterocycles. The van der Waals surface area contributed by atoms with Crippen LogP contribution in [0.15, 0.2) is 53.8 Å². The molecule has 1 unspecified atom stereocenters. The smallest absolute Gasteiger partial charge is 0.275 e. The van der Waals surface area contributed by atoms with Crippen molar-refractivity contribution in [3.63, 3.8) is 0 Å². The summed E-state index contributed by atoms with van der Waals surface area (Å²) in [6, 6.07) is 3.85. The Bertz CT molecular complexity index is 1710. The second-order valence-corrected chi connectivity index (χ2v) is 11.7. The van der Waals surface area contributed by atoms with Crippen LogP contribution in [0.1, 0.15) is 44.8 Å². The number of rotatable bonds is 9. The van der Waals surface area contributed by atoms with Crippen LogP contribution in [0.25, 0.3) is 16.8 Å². The molecule has 1 aromatic carbocycles. The molecule has 1 amide bonds. The Hall–Kier alpha value is -4.00. The van der Waals surface area contributed by atoms with Crippen LogP contribution >= 0.6 is 11.6 Å². The van der Waals surface area contributed by atoms with Crippen LogP contribution in [0.3, 0.4) is 0 Å². The molecule has 4 aromatic rings. The number of amides is 1. The number of aromatic nitrogens is 4. The molecule has 3 aromatic heterocycles. The highest BCUT2D eigenvalue weighted by molar-refractivity contribution is 6.32. The third-order valence-electron chi connectivity index (χ3n) is 7.81. The van der Waals surface area contributed by atoms with Gasteiger partial charge in [-0.2, -0.15) is 0 Å². The normalized spacial score (nSPS) is 17.8. The SMILES string of the molecule is COc1cc(F)cc([C@@H](CO)NC(=O)[C@@H](C)n2ccn3cc(-c4nc(NC5CCOCC5(C)C)ncc4Cl)cc3c2=O)c1. The standard InChI is InChI=1S/C30H34ClFN6O5/c1-17(27(40)34-23(15-39)18-9-20(32)12-21(10-18)42-4)38-7-6-37-14-19(11-24(37)28(38)41)26-22(31)13-33-29(36-26)35-25-5-8-43-16-30(25,2)3/h6-7,9-14,17,23,25,39H,5,8,15-16H2,1-4H3,(H,34,40)(H,33,35,36)/t17-,23-,25?/m1/s1. The molecule has 0 radical (unpaired) electrons. The van der Waals surface area contributed by atoms with Gasteiger partial charge in [0.05, 0.1) is 43.3 Å². The van der Waals surface area contributed by atoms with Crippen molar-refractivity contribution in [2.45, 2.75) is 45.3 Å². The summed E-state index contributed by atoms with van der Waals surface area (Å²) < 4.78 is 27.7. The Kier molecular flexibility index (Phi) is 8.72. The number of aliphatic hydroxyl groups excluding tert-OH is 1. The molecule has 3 N–H and O–H groups in total. The summed E-state index contributed by atoms with van der Waals surface area (Å²) in [7, 11) is 1.39. The first kappa shape index (κ1) is 30.5. The molecular weight excluding hydrogens is 579 g/mol. The quantitative estimate of drug-likeness (QED) is 0.258. The predicted molar refractivity (Wildman–Crippen MR) is 160 cm³/mol. The molecule has 1 aliphatic rings. The maximum absolute atomic E-state index is 14.0. The number of ether oxygens (including phenoxy) is 2. The predicted octanol–water partition coefficient (Wildman–Crippen LogP) is 4.00. The third kappa shape index (κ3) is 6.36. The summed E-state index contributed by atoms with van der Waals surface area (Å²) in [5.41, 5.74) is 1.17. The molecule has 0 saturated carbocycles. The lowest BCUT2D eigenvalue weighted by Gasteiger charge is -2.38. The monoisotopic (exact) mass is 612 g/mol. The van der Waals surface area contributed by atoms with Crippen molar-refractivity contribution in [2.75, 3.05) is 32.2 Å². The maximum atomic E-state index is 14.0. The number of hydrogen-bond acceptors (Lipinski definition) is 8. The molecule has 5 rings (SSSR count). The Balaban J connectivity index is 1.39. The van der Waals surface area contributed by atoms with E-state index in [0.717, 1.165) is 6.42 Å². The van der Waals surface area contributed by atoms with E-state index >= 15 is 0 Å². The molecule has 0 bridgehead atoms. The molecule has 3 atom stereocenters. The van der Waals surface area contributed by atoms with Gasteiger partial charge in [0.2, 0.25) is 11.9 Å². The van der Waals surface area contributed by atoms with Crippen LogP contribution in [-0.2, 0) is 9.53 Å². The number of anilines is 1. The van der Waals surface area contributed by atoms with Gasteiger partial charge in [0.25, 0.3) is 5.56 Å². The van der Waals surface area contributed by atoms with E-state index in [2.05, 4.69) is 34.4 Å². The third-order valence-corrected chi connectivity index (χ3v) is 8.08. The zero-order valence-corrected chi connectivity index (χ0v) is 25.1. The first-order chi connectivity index (χ1) is 20.5. The molecular formula is C30H34ClFN6O5. The maximum Gasteiger partial charge on any atom is 0.275 e. The number of benzene rings is 1. The van der Waals surface area contributed by atoms with Crippen molar-refractivity contribution in [1.82, 2.24) is 24.3 Å². The lowest BCUT2D eigenvalue weighted by Crippen LogP contribution is -2.44. The minimum atomic E-state index is -0.943. The summed E-state index contributed by atoms with van der Waals surface area (Å²) in [6.07, 6.45) is 7.23.